The zero-order chi connectivity index (χ0) is 22.3. The summed E-state index contributed by atoms with van der Waals surface area (Å²) in [5, 5.41) is 11.1. The lowest BCUT2D eigenvalue weighted by atomic mass is 9.87. The van der Waals surface area contributed by atoms with Crippen molar-refractivity contribution in [2.24, 2.45) is 5.92 Å². The summed E-state index contributed by atoms with van der Waals surface area (Å²) in [6.07, 6.45) is -4.23. The lowest BCUT2D eigenvalue weighted by Gasteiger charge is -2.25. The molecule has 0 spiro atoms. The molecule has 1 aromatic carbocycles. The van der Waals surface area contributed by atoms with Crippen molar-refractivity contribution in [1.29, 1.82) is 0 Å². The van der Waals surface area contributed by atoms with Crippen LogP contribution in [-0.4, -0.2) is 33.9 Å². The summed E-state index contributed by atoms with van der Waals surface area (Å²) < 4.78 is 52.6. The van der Waals surface area contributed by atoms with Gasteiger partial charge in [0.25, 0.3) is 0 Å². The van der Waals surface area contributed by atoms with Crippen LogP contribution in [0.1, 0.15) is 28.2 Å². The van der Waals surface area contributed by atoms with Crippen molar-refractivity contribution < 1.29 is 30.9 Å². The molecule has 0 bridgehead atoms. The zero-order valence-corrected chi connectivity index (χ0v) is 19.0. The summed E-state index contributed by atoms with van der Waals surface area (Å²) in [6, 6.07) is 6.89. The second-order valence-electron chi connectivity index (χ2n) is 7.08. The summed E-state index contributed by atoms with van der Waals surface area (Å²) in [5.74, 6) is -1.54. The highest BCUT2D eigenvalue weighted by Crippen LogP contribution is 2.43. The van der Waals surface area contributed by atoms with Gasteiger partial charge in [0.2, 0.25) is 0 Å². The van der Waals surface area contributed by atoms with Crippen molar-refractivity contribution in [3.63, 3.8) is 0 Å². The van der Waals surface area contributed by atoms with Crippen LogP contribution in [0.3, 0.4) is 0 Å². The third kappa shape index (κ3) is 4.12. The molecule has 3 aromatic rings. The second kappa shape index (κ2) is 8.34. The Labute approximate surface area is 193 Å². The number of halogens is 4. The molecule has 1 aliphatic rings. The number of ether oxygens (including phenoxy) is 1. The summed E-state index contributed by atoms with van der Waals surface area (Å²) in [4.78, 5) is 15.5. The molecule has 1 aliphatic carbocycles. The van der Waals surface area contributed by atoms with E-state index in [0.29, 0.717) is 39.1 Å². The van der Waals surface area contributed by atoms with Crippen LogP contribution in [0, 0.1) is 5.92 Å². The normalized spacial score (nSPS) is 16.1. The number of carbonyl (C=O) groups is 1. The highest BCUT2D eigenvalue weighted by Gasteiger charge is 2.42. The van der Waals surface area contributed by atoms with Gasteiger partial charge in [-0.25, -0.2) is 9.78 Å². The van der Waals surface area contributed by atoms with E-state index in [-0.39, 0.29) is 25.0 Å². The Morgan fingerprint density at radius 1 is 1.35 bits per heavy atom. The van der Waals surface area contributed by atoms with Crippen LogP contribution in [-0.2, 0) is 12.8 Å². The van der Waals surface area contributed by atoms with Crippen molar-refractivity contribution in [2.75, 3.05) is 7.11 Å². The summed E-state index contributed by atoms with van der Waals surface area (Å²) in [5.41, 5.74) is 2.41. The van der Waals surface area contributed by atoms with E-state index >= 15 is 0 Å². The maximum Gasteiger partial charge on any atom is 0.392 e. The SMILES string of the molecule is COc1cc(OI)ccc1-c1cc2c(n1-c1nc(C(=O)O)cs1)CCC(C(F)(F)F)C2. The number of carboxylic acids is 1. The first kappa shape index (κ1) is 21.9. The smallest absolute Gasteiger partial charge is 0.392 e. The number of thiazole rings is 1. The number of nitrogens with zero attached hydrogens (tertiary/aromatic N) is 2. The maximum atomic E-state index is 13.4. The number of aromatic nitrogens is 2. The van der Waals surface area contributed by atoms with E-state index in [2.05, 4.69) is 4.98 Å². The molecule has 1 N–H and O–H groups in total. The van der Waals surface area contributed by atoms with Crippen LogP contribution in [0.5, 0.6) is 11.5 Å². The van der Waals surface area contributed by atoms with Crippen LogP contribution < -0.4 is 7.80 Å². The first-order chi connectivity index (χ1) is 14.7. The van der Waals surface area contributed by atoms with Crippen molar-refractivity contribution in [1.82, 2.24) is 9.55 Å². The Morgan fingerprint density at radius 2 is 2.13 bits per heavy atom. The number of hydrogen-bond donors (Lipinski definition) is 1. The van der Waals surface area contributed by atoms with E-state index in [4.69, 9.17) is 7.80 Å². The highest BCUT2D eigenvalue weighted by molar-refractivity contribution is 14.1. The van der Waals surface area contributed by atoms with Crippen LogP contribution in [0.4, 0.5) is 13.2 Å². The molecule has 0 saturated carbocycles. The van der Waals surface area contributed by atoms with Crippen LogP contribution >= 0.6 is 34.3 Å². The quantitative estimate of drug-likeness (QED) is 0.403. The molecule has 0 radical (unpaired) electrons. The predicted molar refractivity (Wildman–Crippen MR) is 117 cm³/mol. The molecule has 6 nitrogen and oxygen atoms in total. The Kier molecular flexibility index (Phi) is 5.90. The highest BCUT2D eigenvalue weighted by atomic mass is 127. The zero-order valence-electron chi connectivity index (χ0n) is 16.1. The monoisotopic (exact) mass is 564 g/mol. The number of methoxy groups -OCH3 is 1. The van der Waals surface area contributed by atoms with Gasteiger partial charge >= 0.3 is 12.1 Å². The topological polar surface area (TPSA) is 73.6 Å². The second-order valence-corrected chi connectivity index (χ2v) is 8.35. The number of aromatic carboxylic acids is 1. The lowest BCUT2D eigenvalue weighted by molar-refractivity contribution is -0.177. The molecule has 0 fully saturated rings. The fourth-order valence-corrected chi connectivity index (χ4v) is 4.93. The summed E-state index contributed by atoms with van der Waals surface area (Å²) >= 11 is 2.87. The standard InChI is InChI=1S/C20H16F3IN2O4S/c1-29-17-8-12(30-24)3-4-13(17)16-7-10-6-11(20(21,22)23)2-5-15(10)26(16)19-25-14(9-31-19)18(27)28/h3-4,7-9,11H,2,5-6H2,1H3,(H,27,28). The van der Waals surface area contributed by atoms with E-state index < -0.39 is 18.1 Å². The van der Waals surface area contributed by atoms with Gasteiger partial charge in [-0.15, -0.1) is 11.3 Å². The Hall–Kier alpha value is -2.28. The van der Waals surface area contributed by atoms with E-state index in [1.807, 2.05) is 0 Å². The predicted octanol–water partition coefficient (Wildman–Crippen LogP) is 5.70. The van der Waals surface area contributed by atoms with Crippen molar-refractivity contribution in [3.05, 3.63) is 46.6 Å². The lowest BCUT2D eigenvalue weighted by Crippen LogP contribution is -2.29. The van der Waals surface area contributed by atoms with E-state index in [0.717, 1.165) is 11.3 Å². The summed E-state index contributed by atoms with van der Waals surface area (Å²) in [7, 11) is 1.49. The average Bonchev–Trinajstić information content (AvgIpc) is 3.36. The van der Waals surface area contributed by atoms with Gasteiger partial charge in [-0.1, -0.05) is 0 Å². The van der Waals surface area contributed by atoms with Crippen LogP contribution in [0.15, 0.2) is 29.6 Å². The molecule has 4 rings (SSSR count). The first-order valence-electron chi connectivity index (χ1n) is 9.19. The maximum absolute atomic E-state index is 13.4. The van der Waals surface area contributed by atoms with Crippen LogP contribution in [0.2, 0.25) is 0 Å². The van der Waals surface area contributed by atoms with Crippen LogP contribution in [0.25, 0.3) is 16.4 Å². The number of alkyl halides is 3. The third-order valence-electron chi connectivity index (χ3n) is 5.29. The first-order valence-corrected chi connectivity index (χ1v) is 11.0. The number of hydrogen-bond acceptors (Lipinski definition) is 5. The molecular formula is C20H16F3IN2O4S. The Balaban J connectivity index is 1.91. The minimum absolute atomic E-state index is 0.0319. The van der Waals surface area contributed by atoms with Gasteiger partial charge in [0.15, 0.2) is 33.8 Å². The van der Waals surface area contributed by atoms with Crippen molar-refractivity contribution in [2.45, 2.75) is 25.4 Å². The third-order valence-corrected chi connectivity index (χ3v) is 6.63. The molecule has 164 valence electrons. The van der Waals surface area contributed by atoms with Gasteiger partial charge in [-0.05, 0) is 43.0 Å². The van der Waals surface area contributed by atoms with Gasteiger partial charge < -0.3 is 12.9 Å². The van der Waals surface area contributed by atoms with Gasteiger partial charge in [0.1, 0.15) is 11.5 Å². The fourth-order valence-electron chi connectivity index (χ4n) is 3.82. The number of rotatable bonds is 5. The van der Waals surface area contributed by atoms with Gasteiger partial charge in [-0.2, -0.15) is 13.2 Å². The molecule has 0 aliphatic heterocycles. The van der Waals surface area contributed by atoms with Gasteiger partial charge in [0, 0.05) is 22.7 Å². The molecule has 11 heteroatoms. The van der Waals surface area contributed by atoms with E-state index in [1.54, 1.807) is 51.8 Å². The largest absolute Gasteiger partial charge is 0.496 e. The average molecular weight is 564 g/mol. The molecule has 0 saturated heterocycles. The summed E-state index contributed by atoms with van der Waals surface area (Å²) in [6.45, 7) is 0. The molecule has 2 aromatic heterocycles. The minimum Gasteiger partial charge on any atom is -0.496 e. The van der Waals surface area contributed by atoms with Crippen molar-refractivity contribution in [3.8, 4) is 27.9 Å². The fraction of sp³-hybridized carbons (Fsp3) is 0.300. The molecular weight excluding hydrogens is 548 g/mol. The molecule has 1 atom stereocenters. The number of fused-ring (bicyclic) bond motifs is 1. The Bertz CT molecular complexity index is 1140. The molecule has 0 amide bonds. The number of benzene rings is 1. The van der Waals surface area contributed by atoms with E-state index in [9.17, 15) is 23.1 Å². The number of carboxylic acid groups (broad SMARTS) is 1. The molecule has 1 unspecified atom stereocenters. The minimum atomic E-state index is -4.27. The van der Waals surface area contributed by atoms with Gasteiger partial charge in [0.05, 0.1) is 18.7 Å². The van der Waals surface area contributed by atoms with E-state index in [1.165, 1.54) is 12.5 Å². The van der Waals surface area contributed by atoms with Gasteiger partial charge in [-0.3, -0.25) is 4.57 Å². The molecule has 31 heavy (non-hydrogen) atoms. The van der Waals surface area contributed by atoms with Crippen molar-refractivity contribution >= 4 is 40.3 Å². The Morgan fingerprint density at radius 3 is 2.74 bits per heavy atom. The molecule has 2 heterocycles.